The standard InChI is InChI=1S/C11H9N3O6/c15-10(16)6-19-5-9-12-13-11(20-9)7-2-1-3-8(4-7)14(17)18/h1-4H,5-6H2,(H,15,16). The summed E-state index contributed by atoms with van der Waals surface area (Å²) in [6, 6.07) is 5.73. The summed E-state index contributed by atoms with van der Waals surface area (Å²) in [4.78, 5) is 20.4. The van der Waals surface area contributed by atoms with Gasteiger partial charge in [-0.05, 0) is 6.07 Å². The number of nitrogens with zero attached hydrogens (tertiary/aromatic N) is 3. The number of benzene rings is 1. The molecule has 2 rings (SSSR count). The van der Waals surface area contributed by atoms with E-state index in [1.54, 1.807) is 6.07 Å². The molecule has 20 heavy (non-hydrogen) atoms. The SMILES string of the molecule is O=C(O)COCc1nnc(-c2cccc([N+](=O)[O-])c2)o1. The number of hydrogen-bond acceptors (Lipinski definition) is 7. The molecule has 1 aromatic heterocycles. The molecule has 0 fully saturated rings. The molecule has 9 nitrogen and oxygen atoms in total. The van der Waals surface area contributed by atoms with Gasteiger partial charge in [0.05, 0.1) is 4.92 Å². The van der Waals surface area contributed by atoms with Crippen LogP contribution in [0.5, 0.6) is 0 Å². The smallest absolute Gasteiger partial charge is 0.329 e. The van der Waals surface area contributed by atoms with Gasteiger partial charge in [-0.1, -0.05) is 6.07 Å². The first-order chi connectivity index (χ1) is 9.56. The van der Waals surface area contributed by atoms with Gasteiger partial charge in [0.15, 0.2) is 0 Å². The van der Waals surface area contributed by atoms with Crippen LogP contribution in [-0.2, 0) is 16.1 Å². The Morgan fingerprint density at radius 1 is 1.45 bits per heavy atom. The number of aliphatic carboxylic acids is 1. The second-order valence-electron chi connectivity index (χ2n) is 3.69. The van der Waals surface area contributed by atoms with Gasteiger partial charge in [0, 0.05) is 17.7 Å². The highest BCUT2D eigenvalue weighted by Crippen LogP contribution is 2.22. The molecule has 0 radical (unpaired) electrons. The number of ether oxygens (including phenoxy) is 1. The Morgan fingerprint density at radius 2 is 2.25 bits per heavy atom. The summed E-state index contributed by atoms with van der Waals surface area (Å²) in [7, 11) is 0. The van der Waals surface area contributed by atoms with Crippen molar-refractivity contribution in [2.75, 3.05) is 6.61 Å². The Balaban J connectivity index is 2.10. The highest BCUT2D eigenvalue weighted by atomic mass is 16.6. The monoisotopic (exact) mass is 279 g/mol. The molecule has 0 aliphatic heterocycles. The van der Waals surface area contributed by atoms with Crippen LogP contribution in [0, 0.1) is 10.1 Å². The zero-order valence-corrected chi connectivity index (χ0v) is 10.1. The molecule has 1 N–H and O–H groups in total. The first-order valence-corrected chi connectivity index (χ1v) is 5.43. The number of carboxylic acids is 1. The average Bonchev–Trinajstić information content (AvgIpc) is 2.87. The van der Waals surface area contributed by atoms with E-state index < -0.39 is 17.5 Å². The van der Waals surface area contributed by atoms with Gasteiger partial charge >= 0.3 is 5.97 Å². The van der Waals surface area contributed by atoms with E-state index in [-0.39, 0.29) is 24.1 Å². The van der Waals surface area contributed by atoms with Crippen molar-refractivity contribution in [3.05, 3.63) is 40.3 Å². The fraction of sp³-hybridized carbons (Fsp3) is 0.182. The van der Waals surface area contributed by atoms with Crippen molar-refractivity contribution in [1.29, 1.82) is 0 Å². The summed E-state index contributed by atoms with van der Waals surface area (Å²) in [6.07, 6.45) is 0. The lowest BCUT2D eigenvalue weighted by molar-refractivity contribution is -0.384. The van der Waals surface area contributed by atoms with E-state index in [0.29, 0.717) is 5.56 Å². The van der Waals surface area contributed by atoms with Gasteiger partial charge in [-0.15, -0.1) is 10.2 Å². The molecule has 1 aromatic carbocycles. The van der Waals surface area contributed by atoms with Gasteiger partial charge in [0.1, 0.15) is 13.2 Å². The summed E-state index contributed by atoms with van der Waals surface area (Å²) in [5, 5.41) is 26.4. The largest absolute Gasteiger partial charge is 0.480 e. The van der Waals surface area contributed by atoms with Crippen molar-refractivity contribution >= 4 is 11.7 Å². The van der Waals surface area contributed by atoms with Gasteiger partial charge in [0.2, 0.25) is 11.8 Å². The number of carboxylic acid groups (broad SMARTS) is 1. The molecule has 1 heterocycles. The van der Waals surface area contributed by atoms with Gasteiger partial charge in [-0.25, -0.2) is 4.79 Å². The molecule has 2 aromatic rings. The molecule has 0 amide bonds. The molecule has 104 valence electrons. The predicted octanol–water partition coefficient (Wildman–Crippen LogP) is 1.25. The van der Waals surface area contributed by atoms with E-state index in [1.165, 1.54) is 18.2 Å². The highest BCUT2D eigenvalue weighted by molar-refractivity contribution is 5.67. The Hall–Kier alpha value is -2.81. The van der Waals surface area contributed by atoms with E-state index in [0.717, 1.165) is 0 Å². The Morgan fingerprint density at radius 3 is 2.95 bits per heavy atom. The molecule has 0 unspecified atom stereocenters. The van der Waals surface area contributed by atoms with Crippen LogP contribution in [-0.4, -0.2) is 32.8 Å². The third-order valence-corrected chi connectivity index (χ3v) is 2.22. The van der Waals surface area contributed by atoms with Crippen LogP contribution in [0.2, 0.25) is 0 Å². The fourth-order valence-electron chi connectivity index (χ4n) is 1.41. The van der Waals surface area contributed by atoms with E-state index in [1.807, 2.05) is 0 Å². The molecular weight excluding hydrogens is 270 g/mol. The van der Waals surface area contributed by atoms with Crippen molar-refractivity contribution < 1.29 is 24.0 Å². The van der Waals surface area contributed by atoms with Crippen molar-refractivity contribution in [3.63, 3.8) is 0 Å². The van der Waals surface area contributed by atoms with E-state index in [9.17, 15) is 14.9 Å². The first kappa shape index (κ1) is 13.6. The molecule has 0 bridgehead atoms. The summed E-state index contributed by atoms with van der Waals surface area (Å²) in [6.45, 7) is -0.622. The maximum Gasteiger partial charge on any atom is 0.329 e. The first-order valence-electron chi connectivity index (χ1n) is 5.43. The second kappa shape index (κ2) is 5.89. The van der Waals surface area contributed by atoms with Gasteiger partial charge in [-0.3, -0.25) is 10.1 Å². The lowest BCUT2D eigenvalue weighted by Gasteiger charge is -1.96. The van der Waals surface area contributed by atoms with E-state index in [4.69, 9.17) is 14.3 Å². The normalized spacial score (nSPS) is 10.4. The number of carbonyl (C=O) groups is 1. The minimum absolute atomic E-state index is 0.0905. The third-order valence-electron chi connectivity index (χ3n) is 2.22. The van der Waals surface area contributed by atoms with Crippen LogP contribution in [0.15, 0.2) is 28.7 Å². The lowest BCUT2D eigenvalue weighted by Crippen LogP contribution is -2.06. The highest BCUT2D eigenvalue weighted by Gasteiger charge is 2.13. The summed E-state index contributed by atoms with van der Waals surface area (Å²) >= 11 is 0. The molecule has 0 saturated carbocycles. The van der Waals surface area contributed by atoms with Crippen molar-refractivity contribution in [2.45, 2.75) is 6.61 Å². The Kier molecular flexibility index (Phi) is 4.01. The number of nitro benzene ring substituents is 1. The molecule has 0 aliphatic carbocycles. The summed E-state index contributed by atoms with van der Waals surface area (Å²) in [5.74, 6) is -0.918. The number of nitro groups is 1. The number of non-ortho nitro benzene ring substituents is 1. The quantitative estimate of drug-likeness (QED) is 0.617. The maximum atomic E-state index is 10.7. The van der Waals surface area contributed by atoms with Crippen LogP contribution in [0.25, 0.3) is 11.5 Å². The van der Waals surface area contributed by atoms with Gasteiger partial charge < -0.3 is 14.3 Å². The Labute approximate surface area is 112 Å². The lowest BCUT2D eigenvalue weighted by atomic mass is 10.2. The molecule has 9 heteroatoms. The Bertz CT molecular complexity index is 639. The number of rotatable bonds is 6. The zero-order valence-electron chi connectivity index (χ0n) is 10.1. The summed E-state index contributed by atoms with van der Waals surface area (Å²) in [5.41, 5.74) is 0.306. The van der Waals surface area contributed by atoms with Crippen LogP contribution in [0.4, 0.5) is 5.69 Å². The van der Waals surface area contributed by atoms with Crippen LogP contribution in [0.1, 0.15) is 5.89 Å². The van der Waals surface area contributed by atoms with Crippen molar-refractivity contribution in [3.8, 4) is 11.5 Å². The second-order valence-corrected chi connectivity index (χ2v) is 3.69. The van der Waals surface area contributed by atoms with Crippen molar-refractivity contribution in [2.24, 2.45) is 0 Å². The van der Waals surface area contributed by atoms with Gasteiger partial charge in [-0.2, -0.15) is 0 Å². The zero-order chi connectivity index (χ0) is 14.5. The minimum Gasteiger partial charge on any atom is -0.480 e. The average molecular weight is 279 g/mol. The van der Waals surface area contributed by atoms with Crippen LogP contribution < -0.4 is 0 Å². The fourth-order valence-corrected chi connectivity index (χ4v) is 1.41. The molecule has 0 atom stereocenters. The molecule has 0 aliphatic rings. The minimum atomic E-state index is -1.11. The number of hydrogen-bond donors (Lipinski definition) is 1. The van der Waals surface area contributed by atoms with Crippen LogP contribution >= 0.6 is 0 Å². The molecule has 0 saturated heterocycles. The van der Waals surface area contributed by atoms with Gasteiger partial charge in [0.25, 0.3) is 5.69 Å². The topological polar surface area (TPSA) is 129 Å². The molecular formula is C11H9N3O6. The third kappa shape index (κ3) is 3.36. The van der Waals surface area contributed by atoms with Crippen LogP contribution in [0.3, 0.4) is 0 Å². The summed E-state index contributed by atoms with van der Waals surface area (Å²) < 4.78 is 10.0. The predicted molar refractivity (Wildman–Crippen MR) is 63.7 cm³/mol. The van der Waals surface area contributed by atoms with E-state index >= 15 is 0 Å². The molecule has 0 spiro atoms. The van der Waals surface area contributed by atoms with Crippen molar-refractivity contribution in [1.82, 2.24) is 10.2 Å². The van der Waals surface area contributed by atoms with E-state index in [2.05, 4.69) is 10.2 Å². The number of aromatic nitrogens is 2. The maximum absolute atomic E-state index is 10.7.